The number of amides is 1. The Morgan fingerprint density at radius 1 is 1.22 bits per heavy atom. The number of nitriles is 1. The molecule has 0 atom stereocenters. The summed E-state index contributed by atoms with van der Waals surface area (Å²) >= 11 is 0. The number of nitrogens with zero attached hydrogens (tertiary/aromatic N) is 2. The van der Waals surface area contributed by atoms with E-state index in [9.17, 15) is 9.18 Å². The molecule has 1 amide bonds. The topological polar surface area (TPSA) is 74.5 Å². The molecule has 0 fully saturated rings. The molecule has 0 aromatic heterocycles. The Morgan fingerprint density at radius 3 is 2.57 bits per heavy atom. The number of nitrogens with one attached hydrogen (secondary N) is 1. The molecule has 2 aromatic carbocycles. The third kappa shape index (κ3) is 5.59. The van der Waals surface area contributed by atoms with Gasteiger partial charge in [-0.15, -0.1) is 0 Å². The molecular weight excluding hydrogens is 297 g/mol. The van der Waals surface area contributed by atoms with Gasteiger partial charge in [0, 0.05) is 0 Å². The summed E-state index contributed by atoms with van der Waals surface area (Å²) in [5.41, 5.74) is 3.89. The fraction of sp³-hybridized carbons (Fsp3) is 0.118. The molecule has 0 saturated heterocycles. The van der Waals surface area contributed by atoms with Crippen molar-refractivity contribution < 1.29 is 13.9 Å². The Labute approximate surface area is 133 Å². The largest absolute Gasteiger partial charge is 0.479 e. The van der Waals surface area contributed by atoms with Gasteiger partial charge in [0.15, 0.2) is 6.61 Å². The first-order valence-electron chi connectivity index (χ1n) is 6.83. The molecule has 0 heterocycles. The highest BCUT2D eigenvalue weighted by Crippen LogP contribution is 2.10. The number of hydrazone groups is 1. The Hall–Kier alpha value is -3.20. The monoisotopic (exact) mass is 311 g/mol. The van der Waals surface area contributed by atoms with Crippen molar-refractivity contribution in [2.75, 3.05) is 6.61 Å². The Bertz CT molecular complexity index is 719. The van der Waals surface area contributed by atoms with E-state index in [0.717, 1.165) is 5.56 Å². The molecule has 0 aliphatic rings. The summed E-state index contributed by atoms with van der Waals surface area (Å²) in [6, 6.07) is 14.5. The molecule has 0 aliphatic heterocycles. The van der Waals surface area contributed by atoms with Gasteiger partial charge in [-0.05, 0) is 47.5 Å². The number of hydrogen-bond donors (Lipinski definition) is 1. The molecule has 23 heavy (non-hydrogen) atoms. The fourth-order valence-corrected chi connectivity index (χ4v) is 1.77. The second-order valence-corrected chi connectivity index (χ2v) is 4.61. The zero-order chi connectivity index (χ0) is 16.5. The van der Waals surface area contributed by atoms with Crippen LogP contribution in [0.25, 0.3) is 0 Å². The highest BCUT2D eigenvalue weighted by Gasteiger charge is 2.02. The lowest BCUT2D eigenvalue weighted by atomic mass is 10.1. The first-order valence-corrected chi connectivity index (χ1v) is 6.83. The summed E-state index contributed by atoms with van der Waals surface area (Å²) in [6.07, 6.45) is 1.62. The molecule has 2 rings (SSSR count). The van der Waals surface area contributed by atoms with E-state index in [0.29, 0.717) is 11.3 Å². The lowest BCUT2D eigenvalue weighted by Gasteiger charge is -2.02. The van der Waals surface area contributed by atoms with Gasteiger partial charge in [0.05, 0.1) is 12.6 Å². The lowest BCUT2D eigenvalue weighted by Crippen LogP contribution is -2.19. The van der Waals surface area contributed by atoms with Crippen molar-refractivity contribution in [3.8, 4) is 11.8 Å². The molecule has 5 nitrogen and oxygen atoms in total. The van der Waals surface area contributed by atoms with Crippen molar-refractivity contribution >= 4 is 12.1 Å². The van der Waals surface area contributed by atoms with Crippen LogP contribution in [-0.4, -0.2) is 18.7 Å². The standard InChI is InChI=1S/C17H14FN3O2/c18-15-5-1-13(2-6-15)11-17(22)21-20-12-14-3-7-16(8-4-14)23-10-9-19/h1-8,12H,10-11H2,(H,21,22)/b20-12-. The van der Waals surface area contributed by atoms with Crippen molar-refractivity contribution in [2.45, 2.75) is 6.42 Å². The lowest BCUT2D eigenvalue weighted by molar-refractivity contribution is -0.120. The van der Waals surface area contributed by atoms with E-state index in [4.69, 9.17) is 10.00 Å². The third-order valence-electron chi connectivity index (χ3n) is 2.86. The van der Waals surface area contributed by atoms with Crippen LogP contribution in [0.15, 0.2) is 53.6 Å². The van der Waals surface area contributed by atoms with Crippen LogP contribution in [0, 0.1) is 17.1 Å². The van der Waals surface area contributed by atoms with Crippen molar-refractivity contribution in [3.05, 3.63) is 65.5 Å². The summed E-state index contributed by atoms with van der Waals surface area (Å²) in [6.45, 7) is -0.00706. The number of halogens is 1. The number of rotatable bonds is 6. The fourth-order valence-electron chi connectivity index (χ4n) is 1.77. The molecule has 0 unspecified atom stereocenters. The van der Waals surface area contributed by atoms with E-state index >= 15 is 0 Å². The molecule has 0 bridgehead atoms. The quantitative estimate of drug-likeness (QED) is 0.657. The van der Waals surface area contributed by atoms with E-state index in [1.54, 1.807) is 36.4 Å². The molecule has 6 heteroatoms. The van der Waals surface area contributed by atoms with Crippen LogP contribution >= 0.6 is 0 Å². The average Bonchev–Trinajstić information content (AvgIpc) is 2.56. The molecule has 2 aromatic rings. The summed E-state index contributed by atoms with van der Waals surface area (Å²) < 4.78 is 17.9. The minimum Gasteiger partial charge on any atom is -0.479 e. The highest BCUT2D eigenvalue weighted by atomic mass is 19.1. The Balaban J connectivity index is 1.82. The summed E-state index contributed by atoms with van der Waals surface area (Å²) in [7, 11) is 0. The van der Waals surface area contributed by atoms with E-state index in [1.807, 2.05) is 6.07 Å². The van der Waals surface area contributed by atoms with Gasteiger partial charge < -0.3 is 4.74 Å². The van der Waals surface area contributed by atoms with Crippen molar-refractivity contribution in [2.24, 2.45) is 5.10 Å². The first-order chi connectivity index (χ1) is 11.2. The minimum atomic E-state index is -0.339. The zero-order valence-corrected chi connectivity index (χ0v) is 12.2. The van der Waals surface area contributed by atoms with Crippen LogP contribution < -0.4 is 10.2 Å². The normalized spacial score (nSPS) is 10.3. The van der Waals surface area contributed by atoms with Crippen LogP contribution in [0.5, 0.6) is 5.75 Å². The molecule has 0 radical (unpaired) electrons. The van der Waals surface area contributed by atoms with Crippen LogP contribution in [-0.2, 0) is 11.2 Å². The predicted molar refractivity (Wildman–Crippen MR) is 83.4 cm³/mol. The van der Waals surface area contributed by atoms with Crippen molar-refractivity contribution in [1.29, 1.82) is 5.26 Å². The maximum Gasteiger partial charge on any atom is 0.244 e. The van der Waals surface area contributed by atoms with Gasteiger partial charge in [0.2, 0.25) is 5.91 Å². The minimum absolute atomic E-state index is 0.00706. The second kappa shape index (κ2) is 8.29. The third-order valence-corrected chi connectivity index (χ3v) is 2.86. The maximum atomic E-state index is 12.8. The van der Waals surface area contributed by atoms with Gasteiger partial charge >= 0.3 is 0 Å². The molecule has 116 valence electrons. The molecule has 0 spiro atoms. The van der Waals surface area contributed by atoms with Crippen LogP contribution in [0.1, 0.15) is 11.1 Å². The first kappa shape index (κ1) is 16.2. The van der Waals surface area contributed by atoms with Crippen molar-refractivity contribution in [1.82, 2.24) is 5.43 Å². The summed E-state index contributed by atoms with van der Waals surface area (Å²) in [4.78, 5) is 11.7. The van der Waals surface area contributed by atoms with Gasteiger partial charge in [0.25, 0.3) is 0 Å². The van der Waals surface area contributed by atoms with Gasteiger partial charge in [-0.25, -0.2) is 9.82 Å². The van der Waals surface area contributed by atoms with Gasteiger partial charge in [-0.1, -0.05) is 12.1 Å². The number of ether oxygens (including phenoxy) is 1. The van der Waals surface area contributed by atoms with Gasteiger partial charge in [-0.2, -0.15) is 10.4 Å². The average molecular weight is 311 g/mol. The Morgan fingerprint density at radius 2 is 1.91 bits per heavy atom. The number of benzene rings is 2. The molecule has 0 saturated carbocycles. The van der Waals surface area contributed by atoms with E-state index in [-0.39, 0.29) is 24.8 Å². The van der Waals surface area contributed by atoms with E-state index < -0.39 is 0 Å². The maximum absolute atomic E-state index is 12.8. The summed E-state index contributed by atoms with van der Waals surface area (Å²) in [5, 5.41) is 12.3. The zero-order valence-electron chi connectivity index (χ0n) is 12.2. The molecule has 0 aliphatic carbocycles. The van der Waals surface area contributed by atoms with Crippen LogP contribution in [0.4, 0.5) is 4.39 Å². The summed E-state index contributed by atoms with van der Waals surface area (Å²) in [5.74, 6) is -0.0414. The molecule has 1 N–H and O–H groups in total. The molecular formula is C17H14FN3O2. The van der Waals surface area contributed by atoms with Crippen LogP contribution in [0.2, 0.25) is 0 Å². The number of carbonyl (C=O) groups excluding carboxylic acids is 1. The van der Waals surface area contributed by atoms with Crippen molar-refractivity contribution in [3.63, 3.8) is 0 Å². The number of carbonyl (C=O) groups is 1. The van der Waals surface area contributed by atoms with E-state index in [2.05, 4.69) is 10.5 Å². The van der Waals surface area contributed by atoms with Gasteiger partial charge in [0.1, 0.15) is 17.6 Å². The number of hydrogen-bond acceptors (Lipinski definition) is 4. The second-order valence-electron chi connectivity index (χ2n) is 4.61. The van der Waals surface area contributed by atoms with Crippen LogP contribution in [0.3, 0.4) is 0 Å². The van der Waals surface area contributed by atoms with Gasteiger partial charge in [-0.3, -0.25) is 4.79 Å². The highest BCUT2D eigenvalue weighted by molar-refractivity contribution is 5.83. The SMILES string of the molecule is N#CCOc1ccc(/C=N\NC(=O)Cc2ccc(F)cc2)cc1. The Kier molecular flexibility index (Phi) is 5.83. The van der Waals surface area contributed by atoms with E-state index in [1.165, 1.54) is 18.3 Å². The predicted octanol–water partition coefficient (Wildman–Crippen LogP) is 2.42. The smallest absolute Gasteiger partial charge is 0.244 e.